The van der Waals surface area contributed by atoms with Crippen molar-refractivity contribution < 1.29 is 4.79 Å². The molecule has 0 saturated carbocycles. The number of hydrogen-bond acceptors (Lipinski definition) is 3. The van der Waals surface area contributed by atoms with Crippen LogP contribution in [0.1, 0.15) is 44.0 Å². The molecule has 4 nitrogen and oxygen atoms in total. The number of piperidine rings is 1. The molecular weight excluding hydrogens is 250 g/mol. The van der Waals surface area contributed by atoms with Crippen LogP contribution in [0.25, 0.3) is 0 Å². The van der Waals surface area contributed by atoms with Crippen LogP contribution in [0.3, 0.4) is 0 Å². The van der Waals surface area contributed by atoms with E-state index in [1.807, 2.05) is 12.3 Å². The van der Waals surface area contributed by atoms with Gasteiger partial charge in [0, 0.05) is 25.8 Å². The van der Waals surface area contributed by atoms with Crippen LogP contribution < -0.4 is 10.2 Å². The molecule has 1 fully saturated rings. The van der Waals surface area contributed by atoms with E-state index in [4.69, 9.17) is 0 Å². The third kappa shape index (κ3) is 3.95. The smallest absolute Gasteiger partial charge is 0.252 e. The Morgan fingerprint density at radius 1 is 1.50 bits per heavy atom. The van der Waals surface area contributed by atoms with Crippen molar-refractivity contribution in [2.45, 2.75) is 33.6 Å². The fourth-order valence-corrected chi connectivity index (χ4v) is 2.55. The van der Waals surface area contributed by atoms with Crippen LogP contribution in [-0.2, 0) is 0 Å². The maximum atomic E-state index is 12.1. The van der Waals surface area contributed by atoms with Gasteiger partial charge in [-0.05, 0) is 30.7 Å². The SMILES string of the molecule is CC(C)CNC(=O)c1cncc(N2CCCC(C)C2)c1. The predicted molar refractivity (Wildman–Crippen MR) is 82.0 cm³/mol. The zero-order valence-electron chi connectivity index (χ0n) is 12.7. The molecule has 1 aliphatic rings. The molecule has 1 unspecified atom stereocenters. The molecular formula is C16H25N3O. The number of carbonyl (C=O) groups is 1. The van der Waals surface area contributed by atoms with Gasteiger partial charge in [0.1, 0.15) is 0 Å². The van der Waals surface area contributed by atoms with Crippen LogP contribution >= 0.6 is 0 Å². The summed E-state index contributed by atoms with van der Waals surface area (Å²) in [5.41, 5.74) is 1.72. The van der Waals surface area contributed by atoms with Gasteiger partial charge >= 0.3 is 0 Å². The second-order valence-corrected chi connectivity index (χ2v) is 6.23. The topological polar surface area (TPSA) is 45.2 Å². The zero-order valence-corrected chi connectivity index (χ0v) is 12.7. The Bertz CT molecular complexity index is 459. The third-order valence-corrected chi connectivity index (χ3v) is 3.68. The quantitative estimate of drug-likeness (QED) is 0.919. The van der Waals surface area contributed by atoms with E-state index < -0.39 is 0 Å². The first-order valence-corrected chi connectivity index (χ1v) is 7.54. The Hall–Kier alpha value is -1.58. The van der Waals surface area contributed by atoms with E-state index in [0.717, 1.165) is 18.8 Å². The van der Waals surface area contributed by atoms with E-state index >= 15 is 0 Å². The van der Waals surface area contributed by atoms with Gasteiger partial charge in [0.15, 0.2) is 0 Å². The monoisotopic (exact) mass is 275 g/mol. The minimum atomic E-state index is -0.0295. The second-order valence-electron chi connectivity index (χ2n) is 6.23. The first kappa shape index (κ1) is 14.8. The van der Waals surface area contributed by atoms with E-state index in [1.54, 1.807) is 6.20 Å². The number of rotatable bonds is 4. The molecule has 1 aromatic heterocycles. The van der Waals surface area contributed by atoms with Gasteiger partial charge in [-0.2, -0.15) is 0 Å². The summed E-state index contributed by atoms with van der Waals surface area (Å²) >= 11 is 0. The van der Waals surface area contributed by atoms with Crippen LogP contribution in [0.15, 0.2) is 18.5 Å². The van der Waals surface area contributed by atoms with E-state index in [1.165, 1.54) is 12.8 Å². The number of carbonyl (C=O) groups excluding carboxylic acids is 1. The molecule has 1 saturated heterocycles. The fourth-order valence-electron chi connectivity index (χ4n) is 2.55. The molecule has 1 aliphatic heterocycles. The van der Waals surface area contributed by atoms with Crippen molar-refractivity contribution in [2.24, 2.45) is 11.8 Å². The van der Waals surface area contributed by atoms with Crippen LogP contribution in [0.2, 0.25) is 0 Å². The molecule has 1 amide bonds. The molecule has 0 radical (unpaired) electrons. The summed E-state index contributed by atoms with van der Waals surface area (Å²) in [6.45, 7) is 9.26. The minimum absolute atomic E-state index is 0.0295. The Morgan fingerprint density at radius 2 is 2.30 bits per heavy atom. The van der Waals surface area contributed by atoms with E-state index in [-0.39, 0.29) is 5.91 Å². The van der Waals surface area contributed by atoms with Crippen LogP contribution in [0.4, 0.5) is 5.69 Å². The number of pyridine rings is 1. The first-order valence-electron chi connectivity index (χ1n) is 7.54. The first-order chi connectivity index (χ1) is 9.56. The van der Waals surface area contributed by atoms with E-state index in [0.29, 0.717) is 23.9 Å². The summed E-state index contributed by atoms with van der Waals surface area (Å²) in [5.74, 6) is 1.14. The van der Waals surface area contributed by atoms with Crippen LogP contribution in [0, 0.1) is 11.8 Å². The maximum Gasteiger partial charge on any atom is 0.252 e. The molecule has 1 atom stereocenters. The van der Waals surface area contributed by atoms with Crippen LogP contribution in [-0.4, -0.2) is 30.5 Å². The molecule has 20 heavy (non-hydrogen) atoms. The van der Waals surface area contributed by atoms with Crippen molar-refractivity contribution in [2.75, 3.05) is 24.5 Å². The lowest BCUT2D eigenvalue weighted by Gasteiger charge is -2.32. The predicted octanol–water partition coefficient (Wildman–Crippen LogP) is 2.70. The van der Waals surface area contributed by atoms with Crippen molar-refractivity contribution in [3.8, 4) is 0 Å². The molecule has 4 heteroatoms. The highest BCUT2D eigenvalue weighted by Crippen LogP contribution is 2.22. The highest BCUT2D eigenvalue weighted by molar-refractivity contribution is 5.94. The molecule has 2 heterocycles. The number of aromatic nitrogens is 1. The van der Waals surface area contributed by atoms with Gasteiger partial charge < -0.3 is 10.2 Å². The second kappa shape index (κ2) is 6.73. The Morgan fingerprint density at radius 3 is 3.00 bits per heavy atom. The fraction of sp³-hybridized carbons (Fsp3) is 0.625. The summed E-state index contributed by atoms with van der Waals surface area (Å²) < 4.78 is 0. The summed E-state index contributed by atoms with van der Waals surface area (Å²) in [6.07, 6.45) is 6.01. The van der Waals surface area contributed by atoms with Gasteiger partial charge in [-0.25, -0.2) is 0 Å². The Kier molecular flexibility index (Phi) is 4.99. The van der Waals surface area contributed by atoms with Gasteiger partial charge in [-0.15, -0.1) is 0 Å². The number of anilines is 1. The number of nitrogens with one attached hydrogen (secondary N) is 1. The summed E-state index contributed by atoms with van der Waals surface area (Å²) in [5, 5.41) is 2.94. The Balaban J connectivity index is 2.05. The lowest BCUT2D eigenvalue weighted by Crippen LogP contribution is -2.34. The average molecular weight is 275 g/mol. The van der Waals surface area contributed by atoms with Gasteiger partial charge in [0.2, 0.25) is 0 Å². The third-order valence-electron chi connectivity index (χ3n) is 3.68. The van der Waals surface area contributed by atoms with Gasteiger partial charge in [0.05, 0.1) is 17.4 Å². The van der Waals surface area contributed by atoms with Gasteiger partial charge in [0.25, 0.3) is 5.91 Å². The normalized spacial score (nSPS) is 19.2. The zero-order chi connectivity index (χ0) is 14.5. The molecule has 0 bridgehead atoms. The number of hydrogen-bond donors (Lipinski definition) is 1. The number of nitrogens with zero attached hydrogens (tertiary/aromatic N) is 2. The molecule has 2 rings (SSSR count). The standard InChI is InChI=1S/C16H25N3O/c1-12(2)8-18-16(20)14-7-15(10-17-9-14)19-6-4-5-13(3)11-19/h7,9-10,12-13H,4-6,8,11H2,1-3H3,(H,18,20). The van der Waals surface area contributed by atoms with Gasteiger partial charge in [-0.3, -0.25) is 9.78 Å². The lowest BCUT2D eigenvalue weighted by molar-refractivity contribution is 0.0948. The van der Waals surface area contributed by atoms with Gasteiger partial charge in [-0.1, -0.05) is 20.8 Å². The van der Waals surface area contributed by atoms with Crippen LogP contribution in [0.5, 0.6) is 0 Å². The Labute approximate surface area is 121 Å². The number of amides is 1. The summed E-state index contributed by atoms with van der Waals surface area (Å²) in [4.78, 5) is 18.6. The highest BCUT2D eigenvalue weighted by atomic mass is 16.1. The maximum absolute atomic E-state index is 12.1. The molecule has 0 aliphatic carbocycles. The van der Waals surface area contributed by atoms with Crippen molar-refractivity contribution in [3.63, 3.8) is 0 Å². The lowest BCUT2D eigenvalue weighted by atomic mass is 10.00. The van der Waals surface area contributed by atoms with Crippen molar-refractivity contribution in [3.05, 3.63) is 24.0 Å². The average Bonchev–Trinajstić information content (AvgIpc) is 2.45. The molecule has 1 aromatic rings. The largest absolute Gasteiger partial charge is 0.370 e. The van der Waals surface area contributed by atoms with E-state index in [9.17, 15) is 4.79 Å². The van der Waals surface area contributed by atoms with E-state index in [2.05, 4.69) is 36.0 Å². The molecule has 1 N–H and O–H groups in total. The van der Waals surface area contributed by atoms with Crippen molar-refractivity contribution >= 4 is 11.6 Å². The summed E-state index contributed by atoms with van der Waals surface area (Å²) in [7, 11) is 0. The minimum Gasteiger partial charge on any atom is -0.370 e. The molecule has 0 spiro atoms. The molecule has 0 aromatic carbocycles. The highest BCUT2D eigenvalue weighted by Gasteiger charge is 2.18. The molecule has 110 valence electrons. The summed E-state index contributed by atoms with van der Waals surface area (Å²) in [6, 6.07) is 1.96. The van der Waals surface area contributed by atoms with Crippen molar-refractivity contribution in [1.29, 1.82) is 0 Å². The van der Waals surface area contributed by atoms with Crippen molar-refractivity contribution in [1.82, 2.24) is 10.3 Å².